The van der Waals surface area contributed by atoms with Gasteiger partial charge in [-0.15, -0.1) is 0 Å². The second-order valence-corrected chi connectivity index (χ2v) is 6.96. The molecule has 1 aromatic rings. The van der Waals surface area contributed by atoms with Crippen LogP contribution in [0.15, 0.2) is 18.2 Å². The maximum absolute atomic E-state index is 12.5. The second kappa shape index (κ2) is 9.06. The van der Waals surface area contributed by atoms with Gasteiger partial charge in [-0.3, -0.25) is 19.7 Å². The summed E-state index contributed by atoms with van der Waals surface area (Å²) in [5, 5.41) is 11.3. The number of carbonyl (C=O) groups excluding carboxylic acids is 2. The van der Waals surface area contributed by atoms with E-state index in [2.05, 4.69) is 4.74 Å². The van der Waals surface area contributed by atoms with Gasteiger partial charge >= 0.3 is 6.61 Å². The smallest absolute Gasteiger partial charge is 0.387 e. The first kappa shape index (κ1) is 21.5. The molecule has 1 saturated carbocycles. The number of nitro benzene ring substituents is 1. The fourth-order valence-electron chi connectivity index (χ4n) is 3.21. The lowest BCUT2D eigenvalue weighted by atomic mass is 10.1. The zero-order valence-electron chi connectivity index (χ0n) is 16.3. The molecule has 0 unspecified atom stereocenters. The number of benzene rings is 1. The molecule has 0 aromatic heterocycles. The van der Waals surface area contributed by atoms with Crippen LogP contribution in [-0.2, 0) is 9.59 Å². The number of hydrogen-bond donors (Lipinski definition) is 0. The van der Waals surface area contributed by atoms with Crippen molar-refractivity contribution in [2.24, 2.45) is 5.92 Å². The van der Waals surface area contributed by atoms with Crippen LogP contribution in [0.5, 0.6) is 11.5 Å². The maximum atomic E-state index is 12.5. The van der Waals surface area contributed by atoms with Crippen molar-refractivity contribution in [3.8, 4) is 11.5 Å². The van der Waals surface area contributed by atoms with Gasteiger partial charge in [-0.1, -0.05) is 0 Å². The van der Waals surface area contributed by atoms with E-state index < -0.39 is 23.0 Å². The van der Waals surface area contributed by atoms with E-state index >= 15 is 0 Å². The second-order valence-electron chi connectivity index (χ2n) is 6.96. The zero-order valence-corrected chi connectivity index (χ0v) is 16.3. The summed E-state index contributed by atoms with van der Waals surface area (Å²) in [6.45, 7) is -1.54. The van der Waals surface area contributed by atoms with Crippen LogP contribution in [0, 0.1) is 16.0 Å². The monoisotopic (exact) mass is 425 g/mol. The molecule has 2 fully saturated rings. The molecule has 1 aromatic carbocycles. The van der Waals surface area contributed by atoms with Crippen LogP contribution in [0.1, 0.15) is 18.4 Å². The third-order valence-corrected chi connectivity index (χ3v) is 4.96. The number of halogens is 2. The number of ether oxygens (including phenoxy) is 2. The number of piperazine rings is 1. The minimum atomic E-state index is -3.17. The Morgan fingerprint density at radius 2 is 1.80 bits per heavy atom. The van der Waals surface area contributed by atoms with Crippen LogP contribution < -0.4 is 9.47 Å². The molecule has 0 bridgehead atoms. The van der Waals surface area contributed by atoms with Gasteiger partial charge in [0.2, 0.25) is 11.8 Å². The normalized spacial score (nSPS) is 16.8. The van der Waals surface area contributed by atoms with Crippen LogP contribution in [0.2, 0.25) is 0 Å². The molecule has 11 heteroatoms. The molecule has 0 N–H and O–H groups in total. The van der Waals surface area contributed by atoms with Crippen LogP contribution >= 0.6 is 0 Å². The Morgan fingerprint density at radius 1 is 1.17 bits per heavy atom. The molecule has 2 amide bonds. The highest BCUT2D eigenvalue weighted by molar-refractivity contribution is 5.93. The molecule has 9 nitrogen and oxygen atoms in total. The molecular weight excluding hydrogens is 404 g/mol. The lowest BCUT2D eigenvalue weighted by molar-refractivity contribution is -0.385. The topological polar surface area (TPSA) is 102 Å². The summed E-state index contributed by atoms with van der Waals surface area (Å²) >= 11 is 0. The summed E-state index contributed by atoms with van der Waals surface area (Å²) in [6, 6.07) is 1.99. The van der Waals surface area contributed by atoms with Gasteiger partial charge in [-0.05, 0) is 25.0 Å². The first-order chi connectivity index (χ1) is 14.3. The van der Waals surface area contributed by atoms with E-state index in [1.165, 1.54) is 19.3 Å². The van der Waals surface area contributed by atoms with Crippen LogP contribution in [0.3, 0.4) is 0 Å². The molecule has 0 spiro atoms. The molecule has 1 aliphatic heterocycles. The number of hydrogen-bond acceptors (Lipinski definition) is 6. The van der Waals surface area contributed by atoms with E-state index in [0.717, 1.165) is 25.0 Å². The molecule has 3 rings (SSSR count). The first-order valence-corrected chi connectivity index (χ1v) is 9.37. The number of carbonyl (C=O) groups is 2. The van der Waals surface area contributed by atoms with Gasteiger partial charge in [0.15, 0.2) is 11.5 Å². The molecule has 1 heterocycles. The van der Waals surface area contributed by atoms with E-state index in [0.29, 0.717) is 26.2 Å². The van der Waals surface area contributed by atoms with E-state index in [4.69, 9.17) is 4.74 Å². The SMILES string of the molecule is COc1cc(/C=C/C(=O)N2CCN(C(=O)C3CC3)CC2)c([N+](=O)[O-])cc1OC(F)F. The van der Waals surface area contributed by atoms with E-state index in [9.17, 15) is 28.5 Å². The van der Waals surface area contributed by atoms with Crippen molar-refractivity contribution in [2.45, 2.75) is 19.5 Å². The Bertz CT molecular complexity index is 864. The summed E-state index contributed by atoms with van der Waals surface area (Å²) in [6.07, 6.45) is 4.25. The molecule has 1 saturated heterocycles. The minimum Gasteiger partial charge on any atom is -0.493 e. The van der Waals surface area contributed by atoms with Crippen molar-refractivity contribution in [2.75, 3.05) is 33.3 Å². The Hall–Kier alpha value is -3.24. The zero-order chi connectivity index (χ0) is 21.8. The standard InChI is InChI=1S/C19H21F2N3O6/c1-29-15-10-13(14(24(27)28)11-16(15)30-19(20)21)4-5-17(25)22-6-8-23(9-7-22)18(26)12-2-3-12/h4-5,10-12,19H,2-3,6-9H2,1H3/b5-4+. The van der Waals surface area contributed by atoms with Crippen molar-refractivity contribution in [3.05, 3.63) is 33.9 Å². The molecule has 30 heavy (non-hydrogen) atoms. The highest BCUT2D eigenvalue weighted by Crippen LogP contribution is 2.36. The van der Waals surface area contributed by atoms with Gasteiger partial charge in [-0.2, -0.15) is 8.78 Å². The van der Waals surface area contributed by atoms with E-state index in [1.807, 2.05) is 0 Å². The summed E-state index contributed by atoms with van der Waals surface area (Å²) in [5.74, 6) is -0.708. The molecule has 2 aliphatic rings. The number of nitrogens with zero attached hydrogens (tertiary/aromatic N) is 3. The third-order valence-electron chi connectivity index (χ3n) is 4.96. The number of alkyl halides is 2. The first-order valence-electron chi connectivity index (χ1n) is 9.37. The number of rotatable bonds is 7. The average molecular weight is 425 g/mol. The van der Waals surface area contributed by atoms with Crippen molar-refractivity contribution in [1.29, 1.82) is 0 Å². The van der Waals surface area contributed by atoms with Gasteiger partial charge < -0.3 is 19.3 Å². The summed E-state index contributed by atoms with van der Waals surface area (Å²) in [7, 11) is 1.21. The van der Waals surface area contributed by atoms with Crippen LogP contribution in [-0.4, -0.2) is 66.4 Å². The Kier molecular flexibility index (Phi) is 6.48. The highest BCUT2D eigenvalue weighted by Gasteiger charge is 2.35. The van der Waals surface area contributed by atoms with Crippen LogP contribution in [0.4, 0.5) is 14.5 Å². The van der Waals surface area contributed by atoms with Crippen molar-refractivity contribution in [3.63, 3.8) is 0 Å². The highest BCUT2D eigenvalue weighted by atomic mass is 19.3. The largest absolute Gasteiger partial charge is 0.493 e. The van der Waals surface area contributed by atoms with Crippen molar-refractivity contribution >= 4 is 23.6 Å². The fraction of sp³-hybridized carbons (Fsp3) is 0.474. The summed E-state index contributed by atoms with van der Waals surface area (Å²) in [4.78, 5) is 38.4. The van der Waals surface area contributed by atoms with Crippen molar-refractivity contribution < 1.29 is 32.8 Å². The average Bonchev–Trinajstić information content (AvgIpc) is 3.56. The minimum absolute atomic E-state index is 0.00867. The molecule has 0 atom stereocenters. The Balaban J connectivity index is 1.70. The fourth-order valence-corrected chi connectivity index (χ4v) is 3.21. The van der Waals surface area contributed by atoms with Crippen LogP contribution in [0.25, 0.3) is 6.08 Å². The Labute approximate surface area is 171 Å². The van der Waals surface area contributed by atoms with Gasteiger partial charge in [0, 0.05) is 38.2 Å². The van der Waals surface area contributed by atoms with Gasteiger partial charge in [0.05, 0.1) is 23.7 Å². The van der Waals surface area contributed by atoms with E-state index in [-0.39, 0.29) is 29.0 Å². The number of amides is 2. The maximum Gasteiger partial charge on any atom is 0.387 e. The number of nitro groups is 1. The molecule has 1 aliphatic carbocycles. The summed E-state index contributed by atoms with van der Waals surface area (Å²) < 4.78 is 34.3. The third kappa shape index (κ3) is 5.02. The number of methoxy groups -OCH3 is 1. The molecule has 162 valence electrons. The lowest BCUT2D eigenvalue weighted by Gasteiger charge is -2.34. The molecular formula is C19H21F2N3O6. The van der Waals surface area contributed by atoms with Gasteiger partial charge in [0.1, 0.15) is 0 Å². The Morgan fingerprint density at radius 3 is 2.33 bits per heavy atom. The van der Waals surface area contributed by atoms with E-state index in [1.54, 1.807) is 9.80 Å². The predicted molar refractivity (Wildman–Crippen MR) is 101 cm³/mol. The summed E-state index contributed by atoms with van der Waals surface area (Å²) in [5.41, 5.74) is -0.496. The van der Waals surface area contributed by atoms with Crippen molar-refractivity contribution in [1.82, 2.24) is 9.80 Å². The molecule has 0 radical (unpaired) electrons. The lowest BCUT2D eigenvalue weighted by Crippen LogP contribution is -2.50. The van der Waals surface area contributed by atoms with Gasteiger partial charge in [0.25, 0.3) is 5.69 Å². The predicted octanol–water partition coefficient (Wildman–Crippen LogP) is 2.30. The van der Waals surface area contributed by atoms with Gasteiger partial charge in [-0.25, -0.2) is 0 Å². The quantitative estimate of drug-likeness (QED) is 0.377.